The first kappa shape index (κ1) is 8.66. The molecular weight excluding hydrogens is 116 g/mol. The van der Waals surface area contributed by atoms with Gasteiger partial charge in [-0.25, -0.2) is 4.89 Å². The van der Waals surface area contributed by atoms with Crippen molar-refractivity contribution >= 4 is 0 Å². The van der Waals surface area contributed by atoms with Gasteiger partial charge in [0, 0.05) is 0 Å². The van der Waals surface area contributed by atoms with Gasteiger partial charge in [-0.1, -0.05) is 12.5 Å². The van der Waals surface area contributed by atoms with Crippen molar-refractivity contribution < 1.29 is 10.1 Å². The van der Waals surface area contributed by atoms with Crippen molar-refractivity contribution in [1.29, 1.82) is 0 Å². The average molecular weight is 130 g/mol. The fourth-order valence-electron chi connectivity index (χ4n) is 0.632. The Morgan fingerprint density at radius 3 is 2.67 bits per heavy atom. The van der Waals surface area contributed by atoms with E-state index in [1.165, 1.54) is 0 Å². The lowest BCUT2D eigenvalue weighted by atomic mass is 10.2. The number of unbranched alkanes of at least 4 members (excludes halogenated alkanes) is 3. The average Bonchev–Trinajstić information content (AvgIpc) is 1.89. The van der Waals surface area contributed by atoms with Crippen LogP contribution in [0.15, 0.2) is 12.7 Å². The van der Waals surface area contributed by atoms with Crippen LogP contribution in [0.25, 0.3) is 0 Å². The maximum absolute atomic E-state index is 7.90. The highest BCUT2D eigenvalue weighted by atomic mass is 17.1. The second-order valence-electron chi connectivity index (χ2n) is 1.97. The smallest absolute Gasteiger partial charge is 0.0819 e. The number of hydrogen-bond donors (Lipinski definition) is 1. The Morgan fingerprint density at radius 1 is 1.33 bits per heavy atom. The second-order valence-corrected chi connectivity index (χ2v) is 1.97. The van der Waals surface area contributed by atoms with Crippen molar-refractivity contribution in [1.82, 2.24) is 0 Å². The minimum Gasteiger partial charge on any atom is -0.252 e. The maximum Gasteiger partial charge on any atom is 0.0819 e. The van der Waals surface area contributed by atoms with Crippen molar-refractivity contribution in [3.05, 3.63) is 12.7 Å². The topological polar surface area (TPSA) is 29.5 Å². The molecule has 1 N–H and O–H groups in total. The van der Waals surface area contributed by atoms with E-state index in [4.69, 9.17) is 5.26 Å². The van der Waals surface area contributed by atoms with Gasteiger partial charge in [0.05, 0.1) is 6.61 Å². The van der Waals surface area contributed by atoms with Gasteiger partial charge in [0.2, 0.25) is 0 Å². The van der Waals surface area contributed by atoms with Crippen molar-refractivity contribution in [3.8, 4) is 0 Å². The van der Waals surface area contributed by atoms with E-state index in [0.717, 1.165) is 25.7 Å². The third-order valence-corrected chi connectivity index (χ3v) is 1.14. The van der Waals surface area contributed by atoms with Gasteiger partial charge in [0.25, 0.3) is 0 Å². The molecule has 0 aromatic heterocycles. The maximum atomic E-state index is 7.90. The highest BCUT2D eigenvalue weighted by molar-refractivity contribution is 4.65. The van der Waals surface area contributed by atoms with Crippen LogP contribution in [0.4, 0.5) is 0 Å². The molecule has 0 unspecified atom stereocenters. The van der Waals surface area contributed by atoms with Crippen LogP contribution < -0.4 is 0 Å². The fourth-order valence-corrected chi connectivity index (χ4v) is 0.632. The van der Waals surface area contributed by atoms with Gasteiger partial charge < -0.3 is 0 Å². The largest absolute Gasteiger partial charge is 0.252 e. The summed E-state index contributed by atoms with van der Waals surface area (Å²) in [7, 11) is 0. The normalized spacial score (nSPS) is 9.44. The molecule has 0 fully saturated rings. The molecule has 0 saturated carbocycles. The Labute approximate surface area is 56.1 Å². The lowest BCUT2D eigenvalue weighted by molar-refractivity contribution is -0.242. The molecule has 0 rings (SSSR count). The molecule has 0 spiro atoms. The SMILES string of the molecule is C=CCCCCCOO. The van der Waals surface area contributed by atoms with E-state index >= 15 is 0 Å². The standard InChI is InChI=1S/C7H14O2/c1-2-3-4-5-6-7-9-8/h2,8H,1,3-7H2. The summed E-state index contributed by atoms with van der Waals surface area (Å²) < 4.78 is 0. The Balaban J connectivity index is 2.66. The third kappa shape index (κ3) is 7.66. The predicted molar refractivity (Wildman–Crippen MR) is 37.2 cm³/mol. The van der Waals surface area contributed by atoms with Crippen LogP contribution >= 0.6 is 0 Å². The molecule has 0 heterocycles. The summed E-state index contributed by atoms with van der Waals surface area (Å²) in [4.78, 5) is 3.90. The quantitative estimate of drug-likeness (QED) is 0.258. The van der Waals surface area contributed by atoms with Crippen molar-refractivity contribution in [2.75, 3.05) is 6.61 Å². The van der Waals surface area contributed by atoms with E-state index in [1.807, 2.05) is 6.08 Å². The second kappa shape index (κ2) is 7.66. The molecular formula is C7H14O2. The Bertz CT molecular complexity index is 61.9. The van der Waals surface area contributed by atoms with Gasteiger partial charge in [-0.05, 0) is 19.3 Å². The van der Waals surface area contributed by atoms with Crippen LogP contribution in [0.2, 0.25) is 0 Å². The molecule has 0 aliphatic rings. The van der Waals surface area contributed by atoms with E-state index in [9.17, 15) is 0 Å². The summed E-state index contributed by atoms with van der Waals surface area (Å²) in [5, 5.41) is 7.90. The minimum atomic E-state index is 0.455. The highest BCUT2D eigenvalue weighted by Gasteiger charge is 1.85. The van der Waals surface area contributed by atoms with Crippen LogP contribution in [0.3, 0.4) is 0 Å². The molecule has 0 aromatic carbocycles. The zero-order valence-corrected chi connectivity index (χ0v) is 5.68. The lowest BCUT2D eigenvalue weighted by Crippen LogP contribution is -1.87. The molecule has 2 nitrogen and oxygen atoms in total. The Hall–Kier alpha value is -0.340. The highest BCUT2D eigenvalue weighted by Crippen LogP contribution is 1.99. The first-order chi connectivity index (χ1) is 4.41. The van der Waals surface area contributed by atoms with Gasteiger partial charge in [0.1, 0.15) is 0 Å². The van der Waals surface area contributed by atoms with Crippen molar-refractivity contribution in [2.45, 2.75) is 25.7 Å². The van der Waals surface area contributed by atoms with E-state index in [-0.39, 0.29) is 0 Å². The van der Waals surface area contributed by atoms with Crippen LogP contribution in [0.1, 0.15) is 25.7 Å². The van der Waals surface area contributed by atoms with Gasteiger partial charge in [-0.2, -0.15) is 0 Å². The number of allylic oxidation sites excluding steroid dienone is 1. The van der Waals surface area contributed by atoms with E-state index in [1.54, 1.807) is 0 Å². The minimum absolute atomic E-state index is 0.455. The zero-order chi connectivity index (χ0) is 6.95. The van der Waals surface area contributed by atoms with E-state index in [2.05, 4.69) is 11.5 Å². The molecule has 54 valence electrons. The number of rotatable bonds is 6. The van der Waals surface area contributed by atoms with Crippen LogP contribution in [-0.2, 0) is 4.89 Å². The van der Waals surface area contributed by atoms with E-state index in [0.29, 0.717) is 6.61 Å². The molecule has 0 radical (unpaired) electrons. The zero-order valence-electron chi connectivity index (χ0n) is 5.68. The number of hydrogen-bond acceptors (Lipinski definition) is 2. The fraction of sp³-hybridized carbons (Fsp3) is 0.714. The molecule has 0 saturated heterocycles. The molecule has 9 heavy (non-hydrogen) atoms. The summed E-state index contributed by atoms with van der Waals surface area (Å²) in [5.74, 6) is 0. The Kier molecular flexibility index (Phi) is 7.37. The van der Waals surface area contributed by atoms with Crippen LogP contribution in [-0.4, -0.2) is 11.9 Å². The summed E-state index contributed by atoms with van der Waals surface area (Å²) in [5.41, 5.74) is 0. The first-order valence-electron chi connectivity index (χ1n) is 3.29. The molecule has 0 amide bonds. The van der Waals surface area contributed by atoms with Crippen LogP contribution in [0.5, 0.6) is 0 Å². The monoisotopic (exact) mass is 130 g/mol. The third-order valence-electron chi connectivity index (χ3n) is 1.14. The summed E-state index contributed by atoms with van der Waals surface area (Å²) in [6, 6.07) is 0. The molecule has 0 aliphatic heterocycles. The van der Waals surface area contributed by atoms with Gasteiger partial charge >= 0.3 is 0 Å². The van der Waals surface area contributed by atoms with Crippen molar-refractivity contribution in [3.63, 3.8) is 0 Å². The molecule has 0 aliphatic carbocycles. The first-order valence-corrected chi connectivity index (χ1v) is 3.29. The summed E-state index contributed by atoms with van der Waals surface area (Å²) in [6.07, 6.45) is 6.15. The molecule has 0 atom stereocenters. The van der Waals surface area contributed by atoms with Gasteiger partial charge in [-0.15, -0.1) is 6.58 Å². The van der Waals surface area contributed by atoms with Crippen LogP contribution in [0, 0.1) is 0 Å². The lowest BCUT2D eigenvalue weighted by Gasteiger charge is -1.94. The Morgan fingerprint density at radius 2 is 2.11 bits per heavy atom. The molecule has 2 heteroatoms. The molecule has 0 aromatic rings. The van der Waals surface area contributed by atoms with Crippen molar-refractivity contribution in [2.24, 2.45) is 0 Å². The summed E-state index contributed by atoms with van der Waals surface area (Å²) in [6.45, 7) is 4.05. The predicted octanol–water partition coefficient (Wildman–Crippen LogP) is 2.22. The molecule has 0 bridgehead atoms. The van der Waals surface area contributed by atoms with Gasteiger partial charge in [0.15, 0.2) is 0 Å². The summed E-state index contributed by atoms with van der Waals surface area (Å²) >= 11 is 0. The van der Waals surface area contributed by atoms with Gasteiger partial charge in [-0.3, -0.25) is 5.26 Å². The van der Waals surface area contributed by atoms with E-state index < -0.39 is 0 Å².